The van der Waals surface area contributed by atoms with Crippen molar-refractivity contribution in [2.75, 3.05) is 0 Å². The number of hydrogen-bond donors (Lipinski definition) is 0. The second kappa shape index (κ2) is 6.09. The Kier molecular flexibility index (Phi) is 4.11. The van der Waals surface area contributed by atoms with E-state index in [9.17, 15) is 18.0 Å². The molecule has 0 spiro atoms. The molecule has 0 saturated heterocycles. The second-order valence-electron chi connectivity index (χ2n) is 4.90. The molecule has 2 heterocycles. The van der Waals surface area contributed by atoms with E-state index < -0.39 is 6.36 Å². The van der Waals surface area contributed by atoms with Gasteiger partial charge >= 0.3 is 6.36 Å². The Morgan fingerprint density at radius 2 is 1.88 bits per heavy atom. The molecule has 2 aromatic heterocycles. The highest BCUT2D eigenvalue weighted by Gasteiger charge is 2.31. The summed E-state index contributed by atoms with van der Waals surface area (Å²) < 4.78 is 41.1. The van der Waals surface area contributed by atoms with Gasteiger partial charge in [-0.15, -0.1) is 24.5 Å². The average molecular weight is 349 g/mol. The Balaban J connectivity index is 1.81. The maximum atomic E-state index is 12.5. The van der Waals surface area contributed by atoms with Gasteiger partial charge in [0.2, 0.25) is 5.78 Å². The standard InChI is InChI=1S/C17H10F3NO2S/c1-10(11-2-4-13(5-3-11)23-17(18,19)20)16(22)14-8-12-6-7-21-9-15(12)24-14/h2-9H,1H2. The monoisotopic (exact) mass is 349 g/mol. The third-order valence-electron chi connectivity index (χ3n) is 3.26. The molecule has 0 radical (unpaired) electrons. The summed E-state index contributed by atoms with van der Waals surface area (Å²) >= 11 is 1.29. The van der Waals surface area contributed by atoms with E-state index in [2.05, 4.69) is 16.3 Å². The highest BCUT2D eigenvalue weighted by atomic mass is 32.1. The molecule has 0 saturated carbocycles. The maximum absolute atomic E-state index is 12.5. The molecular formula is C17H10F3NO2S. The maximum Gasteiger partial charge on any atom is 0.573 e. The zero-order valence-electron chi connectivity index (χ0n) is 12.1. The number of rotatable bonds is 4. The van der Waals surface area contributed by atoms with Crippen LogP contribution in [0.15, 0.2) is 55.4 Å². The summed E-state index contributed by atoms with van der Waals surface area (Å²) in [5, 5.41) is 0.903. The van der Waals surface area contributed by atoms with Gasteiger partial charge in [-0.05, 0) is 35.2 Å². The number of fused-ring (bicyclic) bond motifs is 1. The van der Waals surface area contributed by atoms with Crippen LogP contribution in [0.3, 0.4) is 0 Å². The van der Waals surface area contributed by atoms with Crippen molar-refractivity contribution < 1.29 is 22.7 Å². The van der Waals surface area contributed by atoms with Gasteiger partial charge in [-0.1, -0.05) is 18.7 Å². The van der Waals surface area contributed by atoms with E-state index >= 15 is 0 Å². The molecule has 0 N–H and O–H groups in total. The van der Waals surface area contributed by atoms with E-state index in [0.717, 1.165) is 22.2 Å². The highest BCUT2D eigenvalue weighted by molar-refractivity contribution is 7.21. The number of Topliss-reactive ketones (excluding diaryl/α,β-unsaturated/α-hetero) is 1. The smallest absolute Gasteiger partial charge is 0.406 e. The second-order valence-corrected chi connectivity index (χ2v) is 5.99. The van der Waals surface area contributed by atoms with E-state index in [4.69, 9.17) is 0 Å². The topological polar surface area (TPSA) is 39.2 Å². The van der Waals surface area contributed by atoms with Crippen molar-refractivity contribution >= 4 is 32.8 Å². The van der Waals surface area contributed by atoms with Crippen LogP contribution in [0.5, 0.6) is 5.75 Å². The summed E-state index contributed by atoms with van der Waals surface area (Å²) in [4.78, 5) is 17.0. The van der Waals surface area contributed by atoms with Gasteiger partial charge in [-0.3, -0.25) is 9.78 Å². The third-order valence-corrected chi connectivity index (χ3v) is 4.34. The third kappa shape index (κ3) is 3.46. The van der Waals surface area contributed by atoms with Gasteiger partial charge in [0.25, 0.3) is 0 Å². The van der Waals surface area contributed by atoms with Crippen LogP contribution in [0.25, 0.3) is 15.7 Å². The number of pyridine rings is 1. The van der Waals surface area contributed by atoms with Crippen LogP contribution >= 0.6 is 11.3 Å². The van der Waals surface area contributed by atoms with Crippen molar-refractivity contribution in [3.8, 4) is 5.75 Å². The summed E-state index contributed by atoms with van der Waals surface area (Å²) in [5.74, 6) is -0.625. The number of ketones is 1. The summed E-state index contributed by atoms with van der Waals surface area (Å²) in [6.07, 6.45) is -1.44. The number of aromatic nitrogens is 1. The van der Waals surface area contributed by atoms with Crippen LogP contribution in [0.1, 0.15) is 15.2 Å². The van der Waals surface area contributed by atoms with E-state index in [1.807, 2.05) is 0 Å². The lowest BCUT2D eigenvalue weighted by atomic mass is 10.0. The number of halogens is 3. The van der Waals surface area contributed by atoms with Crippen LogP contribution in [0, 0.1) is 0 Å². The van der Waals surface area contributed by atoms with Crippen LogP contribution in [-0.2, 0) is 0 Å². The van der Waals surface area contributed by atoms with E-state index in [0.29, 0.717) is 10.4 Å². The van der Waals surface area contributed by atoms with E-state index in [-0.39, 0.29) is 17.1 Å². The lowest BCUT2D eigenvalue weighted by Crippen LogP contribution is -2.17. The number of carbonyl (C=O) groups is 1. The zero-order chi connectivity index (χ0) is 17.3. The fourth-order valence-corrected chi connectivity index (χ4v) is 3.13. The SMILES string of the molecule is C=C(C(=O)c1cc2ccncc2s1)c1ccc(OC(F)(F)F)cc1. The van der Waals surface area contributed by atoms with Crippen LogP contribution in [0.2, 0.25) is 0 Å². The van der Waals surface area contributed by atoms with Gasteiger partial charge in [0.05, 0.1) is 9.58 Å². The van der Waals surface area contributed by atoms with Gasteiger partial charge in [0.15, 0.2) is 0 Å². The van der Waals surface area contributed by atoms with Crippen molar-refractivity contribution in [3.05, 3.63) is 65.8 Å². The fourth-order valence-electron chi connectivity index (χ4n) is 2.13. The Morgan fingerprint density at radius 3 is 2.50 bits per heavy atom. The first-order valence-electron chi connectivity index (χ1n) is 6.77. The van der Waals surface area contributed by atoms with E-state index in [1.54, 1.807) is 24.5 Å². The van der Waals surface area contributed by atoms with Crippen LogP contribution in [0.4, 0.5) is 13.2 Å². The molecule has 1 aromatic carbocycles. The summed E-state index contributed by atoms with van der Waals surface area (Å²) in [6, 6.07) is 8.59. The largest absolute Gasteiger partial charge is 0.573 e. The van der Waals surface area contributed by atoms with Gasteiger partial charge in [-0.2, -0.15) is 0 Å². The predicted molar refractivity (Wildman–Crippen MR) is 86.1 cm³/mol. The number of nitrogens with zero attached hydrogens (tertiary/aromatic N) is 1. The Labute approximate surface area is 139 Å². The minimum atomic E-state index is -4.75. The molecule has 0 bridgehead atoms. The van der Waals surface area contributed by atoms with E-state index in [1.165, 1.54) is 23.5 Å². The number of benzene rings is 1. The van der Waals surface area contributed by atoms with Crippen molar-refractivity contribution in [2.45, 2.75) is 6.36 Å². The zero-order valence-corrected chi connectivity index (χ0v) is 12.9. The van der Waals surface area contributed by atoms with Crippen molar-refractivity contribution in [1.82, 2.24) is 4.98 Å². The Bertz CT molecular complexity index is 880. The molecular weight excluding hydrogens is 339 g/mol. The molecule has 0 fully saturated rings. The average Bonchev–Trinajstić information content (AvgIpc) is 2.96. The minimum absolute atomic E-state index is 0.202. The van der Waals surface area contributed by atoms with Crippen molar-refractivity contribution in [1.29, 1.82) is 0 Å². The molecule has 0 unspecified atom stereocenters. The van der Waals surface area contributed by atoms with Gasteiger partial charge < -0.3 is 4.74 Å². The predicted octanol–water partition coefficient (Wildman–Crippen LogP) is 5.09. The summed E-state index contributed by atoms with van der Waals surface area (Å²) in [7, 11) is 0. The molecule has 7 heteroatoms. The molecule has 0 aliphatic heterocycles. The molecule has 3 nitrogen and oxygen atoms in total. The van der Waals surface area contributed by atoms with Gasteiger partial charge in [0, 0.05) is 18.0 Å². The Morgan fingerprint density at radius 1 is 1.17 bits per heavy atom. The summed E-state index contributed by atoms with van der Waals surface area (Å²) in [6.45, 7) is 3.75. The molecule has 3 aromatic rings. The molecule has 122 valence electrons. The number of alkyl halides is 3. The number of ether oxygens (including phenoxy) is 1. The normalized spacial score (nSPS) is 11.5. The Hall–Kier alpha value is -2.67. The number of hydrogen-bond acceptors (Lipinski definition) is 4. The van der Waals surface area contributed by atoms with Crippen molar-refractivity contribution in [2.24, 2.45) is 0 Å². The van der Waals surface area contributed by atoms with Crippen molar-refractivity contribution in [3.63, 3.8) is 0 Å². The minimum Gasteiger partial charge on any atom is -0.406 e. The first-order chi connectivity index (χ1) is 11.3. The molecule has 3 rings (SSSR count). The molecule has 0 aliphatic rings. The molecule has 0 amide bonds. The molecule has 0 aliphatic carbocycles. The van der Waals surface area contributed by atoms with Gasteiger partial charge in [-0.25, -0.2) is 0 Å². The first kappa shape index (κ1) is 16.2. The molecule has 0 atom stereocenters. The number of allylic oxidation sites excluding steroid dienone is 1. The van der Waals surface area contributed by atoms with Crippen LogP contribution < -0.4 is 4.74 Å². The lowest BCUT2D eigenvalue weighted by molar-refractivity contribution is -0.274. The fraction of sp³-hybridized carbons (Fsp3) is 0.0588. The summed E-state index contributed by atoms with van der Waals surface area (Å²) in [5.41, 5.74) is 0.637. The lowest BCUT2D eigenvalue weighted by Gasteiger charge is -2.09. The van der Waals surface area contributed by atoms with Gasteiger partial charge in [0.1, 0.15) is 5.75 Å². The quantitative estimate of drug-likeness (QED) is 0.486. The first-order valence-corrected chi connectivity index (χ1v) is 7.58. The number of thiophene rings is 1. The molecule has 24 heavy (non-hydrogen) atoms. The number of carbonyl (C=O) groups excluding carboxylic acids is 1. The van der Waals surface area contributed by atoms with Crippen LogP contribution in [-0.4, -0.2) is 17.1 Å². The highest BCUT2D eigenvalue weighted by Crippen LogP contribution is 2.30.